The predicted octanol–water partition coefficient (Wildman–Crippen LogP) is 3.95. The molecule has 0 atom stereocenters. The molecular formula is C24H29FN2O4. The number of nitrogens with zero attached hydrogens (tertiary/aromatic N) is 2. The van der Waals surface area contributed by atoms with Gasteiger partial charge in [0, 0.05) is 43.5 Å². The molecule has 6 nitrogen and oxygen atoms in total. The van der Waals surface area contributed by atoms with E-state index in [1.54, 1.807) is 12.1 Å². The Morgan fingerprint density at radius 1 is 1.00 bits per heavy atom. The van der Waals surface area contributed by atoms with Gasteiger partial charge in [-0.3, -0.25) is 4.90 Å². The zero-order valence-corrected chi connectivity index (χ0v) is 17.9. The van der Waals surface area contributed by atoms with E-state index >= 15 is 0 Å². The van der Waals surface area contributed by atoms with Gasteiger partial charge in [-0.25, -0.2) is 14.0 Å². The molecule has 2 aromatic carbocycles. The molecule has 0 bridgehead atoms. The first-order valence-electron chi connectivity index (χ1n) is 10.1. The van der Waals surface area contributed by atoms with Crippen LogP contribution in [0.25, 0.3) is 0 Å². The van der Waals surface area contributed by atoms with E-state index in [4.69, 9.17) is 10.2 Å². The van der Waals surface area contributed by atoms with Gasteiger partial charge in [-0.15, -0.1) is 0 Å². The highest BCUT2D eigenvalue weighted by Crippen LogP contribution is 2.23. The van der Waals surface area contributed by atoms with Crippen LogP contribution < -0.4 is 4.90 Å². The van der Waals surface area contributed by atoms with Crippen molar-refractivity contribution in [3.8, 4) is 0 Å². The summed E-state index contributed by atoms with van der Waals surface area (Å²) in [6.07, 6.45) is 3.46. The van der Waals surface area contributed by atoms with Gasteiger partial charge < -0.3 is 15.1 Å². The first kappa shape index (κ1) is 24.1. The van der Waals surface area contributed by atoms with E-state index in [0.29, 0.717) is 18.2 Å². The second-order valence-corrected chi connectivity index (χ2v) is 7.61. The maximum atomic E-state index is 13.0. The summed E-state index contributed by atoms with van der Waals surface area (Å²) in [7, 11) is 2.18. The van der Waals surface area contributed by atoms with Crippen LogP contribution in [0.5, 0.6) is 0 Å². The molecule has 31 heavy (non-hydrogen) atoms. The number of piperidine rings is 1. The Bertz CT molecular complexity index is 857. The molecule has 0 radical (unpaired) electrons. The summed E-state index contributed by atoms with van der Waals surface area (Å²) in [4.78, 5) is 24.0. The third kappa shape index (κ3) is 8.60. The van der Waals surface area contributed by atoms with Crippen molar-refractivity contribution in [2.75, 3.05) is 25.0 Å². The molecule has 1 fully saturated rings. The van der Waals surface area contributed by atoms with Gasteiger partial charge in [0.15, 0.2) is 0 Å². The molecule has 2 N–H and O–H groups in total. The lowest BCUT2D eigenvalue weighted by molar-refractivity contribution is -0.134. The molecule has 0 aliphatic carbocycles. The lowest BCUT2D eigenvalue weighted by atomic mass is 10.0. The smallest absolute Gasteiger partial charge is 0.328 e. The first-order valence-corrected chi connectivity index (χ1v) is 10.1. The number of hydrogen-bond acceptors (Lipinski definition) is 4. The van der Waals surface area contributed by atoms with E-state index in [2.05, 4.69) is 48.0 Å². The van der Waals surface area contributed by atoms with Gasteiger partial charge >= 0.3 is 11.9 Å². The summed E-state index contributed by atoms with van der Waals surface area (Å²) < 4.78 is 13.0. The average Bonchev–Trinajstić information content (AvgIpc) is 2.75. The molecule has 0 amide bonds. The molecule has 1 aliphatic heterocycles. The van der Waals surface area contributed by atoms with Crippen LogP contribution in [0.15, 0.2) is 60.7 Å². The van der Waals surface area contributed by atoms with Crippen LogP contribution in [-0.4, -0.2) is 53.2 Å². The average molecular weight is 429 g/mol. The molecular weight excluding hydrogens is 399 g/mol. The Balaban J connectivity index is 0.000000366. The van der Waals surface area contributed by atoms with E-state index in [-0.39, 0.29) is 5.82 Å². The SMILES string of the molecule is Cc1ccc(N2CCC(N(C)Cc3ccc(F)cc3)CC2)cc1.O=C(O)C=CC(=O)O. The highest BCUT2D eigenvalue weighted by molar-refractivity contribution is 5.89. The third-order valence-corrected chi connectivity index (χ3v) is 5.20. The van der Waals surface area contributed by atoms with E-state index in [0.717, 1.165) is 19.6 Å². The van der Waals surface area contributed by atoms with Gasteiger partial charge in [0.25, 0.3) is 0 Å². The minimum atomic E-state index is -1.26. The summed E-state index contributed by atoms with van der Waals surface area (Å²) in [5.74, 6) is -2.68. The number of aliphatic carboxylic acids is 2. The Morgan fingerprint density at radius 2 is 1.52 bits per heavy atom. The van der Waals surface area contributed by atoms with Crippen molar-refractivity contribution in [2.45, 2.75) is 32.4 Å². The van der Waals surface area contributed by atoms with Crippen LogP contribution in [-0.2, 0) is 16.1 Å². The van der Waals surface area contributed by atoms with Crippen molar-refractivity contribution in [3.05, 3.63) is 77.6 Å². The van der Waals surface area contributed by atoms with E-state index < -0.39 is 11.9 Å². The van der Waals surface area contributed by atoms with Gasteiger partial charge in [-0.1, -0.05) is 29.8 Å². The summed E-state index contributed by atoms with van der Waals surface area (Å²) in [5, 5.41) is 15.6. The maximum absolute atomic E-state index is 13.0. The van der Waals surface area contributed by atoms with E-state index in [1.165, 1.54) is 29.7 Å². The van der Waals surface area contributed by atoms with Gasteiger partial charge in [-0.2, -0.15) is 0 Å². The minimum absolute atomic E-state index is 0.164. The molecule has 1 aliphatic rings. The summed E-state index contributed by atoms with van der Waals surface area (Å²) in [6, 6.07) is 16.3. The van der Waals surface area contributed by atoms with Crippen molar-refractivity contribution in [3.63, 3.8) is 0 Å². The topological polar surface area (TPSA) is 81.1 Å². The fourth-order valence-electron chi connectivity index (χ4n) is 3.47. The van der Waals surface area contributed by atoms with Crippen LogP contribution in [0.4, 0.5) is 10.1 Å². The molecule has 0 saturated carbocycles. The zero-order valence-electron chi connectivity index (χ0n) is 17.9. The number of carboxylic acid groups (broad SMARTS) is 2. The number of anilines is 1. The zero-order chi connectivity index (χ0) is 22.8. The second kappa shape index (κ2) is 11.9. The Kier molecular flexibility index (Phi) is 9.21. The standard InChI is InChI=1S/C20H25FN2.C4H4O4/c1-16-3-9-20(10-4-16)23-13-11-19(12-14-23)22(2)15-17-5-7-18(21)8-6-17;5-3(6)1-2-4(7)8/h3-10,19H,11-15H2,1-2H3;1-2H,(H,5,6)(H,7,8). The van der Waals surface area contributed by atoms with E-state index in [9.17, 15) is 14.0 Å². The molecule has 7 heteroatoms. The predicted molar refractivity (Wildman–Crippen MR) is 119 cm³/mol. The normalized spacial score (nSPS) is 14.4. The molecule has 1 heterocycles. The number of hydrogen-bond donors (Lipinski definition) is 2. The van der Waals surface area contributed by atoms with Crippen molar-refractivity contribution in [1.29, 1.82) is 0 Å². The minimum Gasteiger partial charge on any atom is -0.478 e. The molecule has 2 aromatic rings. The van der Waals surface area contributed by atoms with Crippen LogP contribution in [0.1, 0.15) is 24.0 Å². The van der Waals surface area contributed by atoms with Gasteiger partial charge in [0.05, 0.1) is 0 Å². The van der Waals surface area contributed by atoms with Crippen molar-refractivity contribution >= 4 is 17.6 Å². The Labute approximate surface area is 182 Å². The number of rotatable bonds is 6. The van der Waals surface area contributed by atoms with Crippen molar-refractivity contribution < 1.29 is 24.2 Å². The fourth-order valence-corrected chi connectivity index (χ4v) is 3.47. The lowest BCUT2D eigenvalue weighted by Gasteiger charge is -2.38. The van der Waals surface area contributed by atoms with Crippen LogP contribution >= 0.6 is 0 Å². The van der Waals surface area contributed by atoms with Gasteiger partial charge in [0.2, 0.25) is 0 Å². The molecule has 1 saturated heterocycles. The Morgan fingerprint density at radius 3 is 2.00 bits per heavy atom. The summed E-state index contributed by atoms with van der Waals surface area (Å²) >= 11 is 0. The van der Waals surface area contributed by atoms with Crippen LogP contribution in [0.2, 0.25) is 0 Å². The first-order chi connectivity index (χ1) is 14.7. The molecule has 0 unspecified atom stereocenters. The number of halogens is 1. The quantitative estimate of drug-likeness (QED) is 0.678. The third-order valence-electron chi connectivity index (χ3n) is 5.20. The lowest BCUT2D eigenvalue weighted by Crippen LogP contribution is -2.43. The molecule has 166 valence electrons. The number of carboxylic acids is 2. The Hall–Kier alpha value is -3.19. The fraction of sp³-hybridized carbons (Fsp3) is 0.333. The van der Waals surface area contributed by atoms with Gasteiger partial charge in [0.1, 0.15) is 5.82 Å². The maximum Gasteiger partial charge on any atom is 0.328 e. The van der Waals surface area contributed by atoms with Crippen LogP contribution in [0, 0.1) is 12.7 Å². The van der Waals surface area contributed by atoms with Crippen LogP contribution in [0.3, 0.4) is 0 Å². The number of carbonyl (C=O) groups is 2. The van der Waals surface area contributed by atoms with Gasteiger partial charge in [-0.05, 0) is 56.6 Å². The number of aryl methyl sites for hydroxylation is 1. The van der Waals surface area contributed by atoms with E-state index in [1.807, 2.05) is 12.1 Å². The monoisotopic (exact) mass is 428 g/mol. The summed E-state index contributed by atoms with van der Waals surface area (Å²) in [5.41, 5.74) is 3.81. The highest BCUT2D eigenvalue weighted by Gasteiger charge is 2.22. The molecule has 3 rings (SSSR count). The highest BCUT2D eigenvalue weighted by atomic mass is 19.1. The summed E-state index contributed by atoms with van der Waals surface area (Å²) in [6.45, 7) is 5.21. The van der Waals surface area contributed by atoms with Crippen molar-refractivity contribution in [2.24, 2.45) is 0 Å². The largest absolute Gasteiger partial charge is 0.478 e. The molecule has 0 aromatic heterocycles. The van der Waals surface area contributed by atoms with Crippen molar-refractivity contribution in [1.82, 2.24) is 4.90 Å². The second-order valence-electron chi connectivity index (χ2n) is 7.61. The molecule has 0 spiro atoms. The number of benzene rings is 2.